The molecule has 0 bridgehead atoms. The summed E-state index contributed by atoms with van der Waals surface area (Å²) in [6.07, 6.45) is 1.74. The van der Waals surface area contributed by atoms with Crippen molar-refractivity contribution in [2.45, 2.75) is 19.8 Å². The Morgan fingerprint density at radius 2 is 1.94 bits per heavy atom. The lowest BCUT2D eigenvalue weighted by Gasteiger charge is -2.06. The lowest BCUT2D eigenvalue weighted by atomic mass is 10.1. The summed E-state index contributed by atoms with van der Waals surface area (Å²) in [6.45, 7) is 2.70. The van der Waals surface area contributed by atoms with Gasteiger partial charge in [0.05, 0.1) is 5.69 Å². The largest absolute Gasteiger partial charge is 0.334 e. The van der Waals surface area contributed by atoms with Gasteiger partial charge in [0.1, 0.15) is 5.82 Å². The van der Waals surface area contributed by atoms with Crippen molar-refractivity contribution < 1.29 is 0 Å². The predicted molar refractivity (Wildman–Crippen MR) is 77.7 cm³/mol. The second kappa shape index (κ2) is 5.67. The molecule has 1 aromatic heterocycles. The molecule has 0 amide bonds. The Morgan fingerprint density at radius 1 is 1.28 bits per heavy atom. The Labute approximate surface area is 116 Å². The van der Waals surface area contributed by atoms with Crippen LogP contribution in [0.4, 0.5) is 0 Å². The summed E-state index contributed by atoms with van der Waals surface area (Å²) in [4.78, 5) is 4.59. The third-order valence-electron chi connectivity index (χ3n) is 3.16. The van der Waals surface area contributed by atoms with E-state index in [1.807, 2.05) is 0 Å². The summed E-state index contributed by atoms with van der Waals surface area (Å²) >= 11 is 3.45. The van der Waals surface area contributed by atoms with E-state index in [9.17, 15) is 0 Å². The fourth-order valence-electron chi connectivity index (χ4n) is 2.13. The molecule has 0 unspecified atom stereocenters. The minimum absolute atomic E-state index is 0.641. The van der Waals surface area contributed by atoms with Crippen molar-refractivity contribution in [2.24, 2.45) is 12.8 Å². The van der Waals surface area contributed by atoms with Crippen LogP contribution in [0.25, 0.3) is 0 Å². The first-order valence-corrected chi connectivity index (χ1v) is 6.86. The van der Waals surface area contributed by atoms with Crippen LogP contribution in [-0.2, 0) is 19.9 Å². The molecule has 2 rings (SSSR count). The zero-order valence-corrected chi connectivity index (χ0v) is 12.4. The number of hydrogen-bond acceptors (Lipinski definition) is 2. The summed E-state index contributed by atoms with van der Waals surface area (Å²) in [5.41, 5.74) is 9.26. The lowest BCUT2D eigenvalue weighted by Crippen LogP contribution is -2.09. The third kappa shape index (κ3) is 2.82. The second-order valence-electron chi connectivity index (χ2n) is 4.46. The number of benzene rings is 1. The van der Waals surface area contributed by atoms with Crippen LogP contribution < -0.4 is 5.73 Å². The van der Waals surface area contributed by atoms with Crippen LogP contribution in [0.3, 0.4) is 0 Å². The van der Waals surface area contributed by atoms with E-state index in [1.54, 1.807) is 0 Å². The van der Waals surface area contributed by atoms with E-state index in [2.05, 4.69) is 63.7 Å². The van der Waals surface area contributed by atoms with Gasteiger partial charge in [-0.3, -0.25) is 0 Å². The molecule has 1 aromatic carbocycles. The lowest BCUT2D eigenvalue weighted by molar-refractivity contribution is 0.749. The van der Waals surface area contributed by atoms with Gasteiger partial charge >= 0.3 is 0 Å². The Kier molecular flexibility index (Phi) is 4.19. The predicted octanol–water partition coefficient (Wildman–Crippen LogP) is 2.58. The smallest absolute Gasteiger partial charge is 0.110 e. The molecule has 0 radical (unpaired) electrons. The average molecular weight is 308 g/mol. The van der Waals surface area contributed by atoms with Crippen LogP contribution in [0.1, 0.15) is 22.8 Å². The highest BCUT2D eigenvalue weighted by Crippen LogP contribution is 2.17. The molecule has 3 nitrogen and oxygen atoms in total. The Balaban J connectivity index is 2.26. The minimum Gasteiger partial charge on any atom is -0.334 e. The summed E-state index contributed by atoms with van der Waals surface area (Å²) in [5, 5.41) is 0. The Bertz CT molecular complexity index is 529. The molecule has 0 saturated carbocycles. The molecular weight excluding hydrogens is 290 g/mol. The van der Waals surface area contributed by atoms with Crippen molar-refractivity contribution in [2.75, 3.05) is 6.54 Å². The van der Waals surface area contributed by atoms with Gasteiger partial charge in [-0.25, -0.2) is 4.98 Å². The van der Waals surface area contributed by atoms with E-state index in [-0.39, 0.29) is 0 Å². The summed E-state index contributed by atoms with van der Waals surface area (Å²) < 4.78 is 3.28. The number of nitrogens with zero attached hydrogens (tertiary/aromatic N) is 2. The summed E-state index contributed by atoms with van der Waals surface area (Å²) in [6, 6.07) is 8.42. The number of rotatable bonds is 4. The molecule has 2 aromatic rings. The van der Waals surface area contributed by atoms with E-state index < -0.39 is 0 Å². The van der Waals surface area contributed by atoms with Crippen LogP contribution in [0.2, 0.25) is 0 Å². The van der Waals surface area contributed by atoms with Gasteiger partial charge < -0.3 is 10.3 Å². The van der Waals surface area contributed by atoms with E-state index in [4.69, 9.17) is 5.73 Å². The molecule has 1 heterocycles. The maximum absolute atomic E-state index is 5.60. The van der Waals surface area contributed by atoms with Crippen molar-refractivity contribution in [3.05, 3.63) is 51.5 Å². The summed E-state index contributed by atoms with van der Waals surface area (Å²) in [5.74, 6) is 1.07. The molecule has 0 atom stereocenters. The monoisotopic (exact) mass is 307 g/mol. The number of hydrogen-bond donors (Lipinski definition) is 1. The average Bonchev–Trinajstić information content (AvgIpc) is 2.60. The number of aryl methyl sites for hydroxylation is 1. The molecule has 2 N–H and O–H groups in total. The maximum atomic E-state index is 5.60. The highest BCUT2D eigenvalue weighted by molar-refractivity contribution is 9.10. The number of halogens is 1. The molecule has 4 heteroatoms. The fourth-order valence-corrected chi connectivity index (χ4v) is 2.39. The molecule has 18 heavy (non-hydrogen) atoms. The minimum atomic E-state index is 0.641. The molecule has 0 saturated heterocycles. The first-order valence-electron chi connectivity index (χ1n) is 6.07. The quantitative estimate of drug-likeness (QED) is 0.943. The van der Waals surface area contributed by atoms with Crippen molar-refractivity contribution in [1.29, 1.82) is 0 Å². The van der Waals surface area contributed by atoms with Crippen molar-refractivity contribution in [1.82, 2.24) is 9.55 Å². The molecule has 0 aliphatic rings. The standard InChI is InChI=1S/C14H18BrN3/c1-10-13(18(2)14(17-10)7-8-16)9-11-3-5-12(15)6-4-11/h3-6H,7-9,16H2,1-2H3. The van der Waals surface area contributed by atoms with E-state index >= 15 is 0 Å². The molecule has 0 aliphatic heterocycles. The Morgan fingerprint density at radius 3 is 2.56 bits per heavy atom. The molecule has 0 aliphatic carbocycles. The number of aromatic nitrogens is 2. The van der Waals surface area contributed by atoms with Gasteiger partial charge in [0.15, 0.2) is 0 Å². The van der Waals surface area contributed by atoms with Crippen LogP contribution in [0.15, 0.2) is 28.7 Å². The van der Waals surface area contributed by atoms with Crippen molar-refractivity contribution in [3.63, 3.8) is 0 Å². The van der Waals surface area contributed by atoms with E-state index in [0.29, 0.717) is 6.54 Å². The Hall–Kier alpha value is -1.13. The fraction of sp³-hybridized carbons (Fsp3) is 0.357. The normalized spacial score (nSPS) is 10.9. The first kappa shape index (κ1) is 13.3. The molecule has 0 spiro atoms. The topological polar surface area (TPSA) is 43.8 Å². The first-order chi connectivity index (χ1) is 8.61. The third-order valence-corrected chi connectivity index (χ3v) is 3.69. The second-order valence-corrected chi connectivity index (χ2v) is 5.38. The molecular formula is C14H18BrN3. The molecule has 0 fully saturated rings. The van der Waals surface area contributed by atoms with Gasteiger partial charge in [-0.2, -0.15) is 0 Å². The van der Waals surface area contributed by atoms with E-state index in [0.717, 1.165) is 28.8 Å². The highest BCUT2D eigenvalue weighted by atomic mass is 79.9. The SMILES string of the molecule is Cc1nc(CCN)n(C)c1Cc1ccc(Br)cc1. The van der Waals surface area contributed by atoms with Crippen molar-refractivity contribution >= 4 is 15.9 Å². The van der Waals surface area contributed by atoms with Gasteiger partial charge in [0.2, 0.25) is 0 Å². The number of imidazole rings is 1. The van der Waals surface area contributed by atoms with Gasteiger partial charge in [0, 0.05) is 30.1 Å². The van der Waals surface area contributed by atoms with Gasteiger partial charge in [-0.1, -0.05) is 28.1 Å². The van der Waals surface area contributed by atoms with Gasteiger partial charge in [0.25, 0.3) is 0 Å². The summed E-state index contributed by atoms with van der Waals surface area (Å²) in [7, 11) is 2.07. The van der Waals surface area contributed by atoms with Gasteiger partial charge in [-0.05, 0) is 31.2 Å². The zero-order chi connectivity index (χ0) is 13.1. The zero-order valence-electron chi connectivity index (χ0n) is 10.8. The highest BCUT2D eigenvalue weighted by Gasteiger charge is 2.11. The van der Waals surface area contributed by atoms with Gasteiger partial charge in [-0.15, -0.1) is 0 Å². The maximum Gasteiger partial charge on any atom is 0.110 e. The van der Waals surface area contributed by atoms with Crippen LogP contribution >= 0.6 is 15.9 Å². The molecule has 96 valence electrons. The van der Waals surface area contributed by atoms with Crippen LogP contribution in [0.5, 0.6) is 0 Å². The van der Waals surface area contributed by atoms with Crippen LogP contribution in [-0.4, -0.2) is 16.1 Å². The van der Waals surface area contributed by atoms with Crippen molar-refractivity contribution in [3.8, 4) is 0 Å². The van der Waals surface area contributed by atoms with E-state index in [1.165, 1.54) is 11.3 Å². The number of nitrogens with two attached hydrogens (primary N) is 1. The van der Waals surface area contributed by atoms with Crippen LogP contribution in [0, 0.1) is 6.92 Å².